The van der Waals surface area contributed by atoms with Crippen LogP contribution in [-0.2, 0) is 14.8 Å². The van der Waals surface area contributed by atoms with Crippen LogP contribution in [-0.4, -0.2) is 0 Å². The molecule has 0 aliphatic carbocycles. The summed E-state index contributed by atoms with van der Waals surface area (Å²) in [4.78, 5) is 0. The minimum atomic E-state index is 3.03. The average molecular weight is 120 g/mol. The van der Waals surface area contributed by atoms with E-state index in [0.29, 0.717) is 0 Å². The molecule has 0 amide bonds. The molecule has 0 rings (SSSR count). The van der Waals surface area contributed by atoms with Crippen molar-refractivity contribution in [3.8, 4) is 0 Å². The maximum atomic E-state index is 6.25. The molecule has 0 fully saturated rings. The first kappa shape index (κ1) is 8.86. The summed E-state index contributed by atoms with van der Waals surface area (Å²) in [6, 6.07) is 0. The molecular weight excluding hydrogens is 120 g/mol. The Morgan fingerprint density at radius 1 is 1.50 bits per heavy atom. The molecule has 0 aliphatic heterocycles. The van der Waals surface area contributed by atoms with Gasteiger partial charge >= 0.3 is 25.0 Å². The Balaban J connectivity index is 0. The fourth-order valence-electron chi connectivity index (χ4n) is 0. The number of hydrogen-bond donors (Lipinski definition) is 0. The van der Waals surface area contributed by atoms with E-state index in [4.69, 9.17) is 11.8 Å². The van der Waals surface area contributed by atoms with Gasteiger partial charge in [0.05, 0.1) is 0 Å². The van der Waals surface area contributed by atoms with Crippen molar-refractivity contribution < 1.29 is 14.8 Å². The van der Waals surface area contributed by atoms with Crippen molar-refractivity contribution in [1.29, 1.82) is 5.26 Å². The van der Waals surface area contributed by atoms with Gasteiger partial charge in [0.1, 0.15) is 0 Å². The van der Waals surface area contributed by atoms with Gasteiger partial charge in [0, 0.05) is 0 Å². The van der Waals surface area contributed by atoms with Gasteiger partial charge in [-0.05, 0) is 0 Å². The SMILES string of the molecule is [C-]#N.[Cl][Co+]. The van der Waals surface area contributed by atoms with E-state index in [1.807, 2.05) is 0 Å². The summed E-state index contributed by atoms with van der Waals surface area (Å²) in [6.07, 6.45) is 0. The Morgan fingerprint density at radius 3 is 1.50 bits per heavy atom. The zero-order chi connectivity index (χ0) is 4.00. The van der Waals surface area contributed by atoms with Gasteiger partial charge in [-0.25, -0.2) is 0 Å². The van der Waals surface area contributed by atoms with Crippen LogP contribution < -0.4 is 0 Å². The predicted octanol–water partition coefficient (Wildman–Crippen LogP) is 0.783. The van der Waals surface area contributed by atoms with E-state index in [9.17, 15) is 0 Å². The fraction of sp³-hybridized carbons (Fsp3) is 0. The maximum absolute atomic E-state index is 6.25. The van der Waals surface area contributed by atoms with Gasteiger partial charge in [-0.15, -0.1) is 0 Å². The molecule has 0 bridgehead atoms. The normalized spacial score (nSPS) is 2.00. The van der Waals surface area contributed by atoms with Gasteiger partial charge in [0.15, 0.2) is 0 Å². The molecule has 0 spiro atoms. The fourth-order valence-corrected chi connectivity index (χ4v) is 0. The molecular formula is CClCoN. The van der Waals surface area contributed by atoms with Crippen LogP contribution >= 0.6 is 10.1 Å². The molecule has 0 radical (unpaired) electrons. The van der Waals surface area contributed by atoms with Crippen LogP contribution in [0.25, 0.3) is 0 Å². The van der Waals surface area contributed by atoms with Crippen molar-refractivity contribution in [2.24, 2.45) is 0 Å². The van der Waals surface area contributed by atoms with Crippen LogP contribution in [0.5, 0.6) is 0 Å². The van der Waals surface area contributed by atoms with Crippen molar-refractivity contribution >= 4 is 10.1 Å². The molecule has 0 aromatic rings. The molecule has 3 heteroatoms. The zero-order valence-corrected chi connectivity index (χ0v) is 3.46. The van der Waals surface area contributed by atoms with Crippen molar-refractivity contribution in [3.63, 3.8) is 0 Å². The second kappa shape index (κ2) is 209. The first-order chi connectivity index (χ1) is 2.00. The summed E-state index contributed by atoms with van der Waals surface area (Å²) in [5.41, 5.74) is 0. The molecule has 0 atom stereocenters. The zero-order valence-electron chi connectivity index (χ0n) is 1.66. The summed E-state index contributed by atoms with van der Waals surface area (Å²) >= 11 is 3.03. The van der Waals surface area contributed by atoms with Crippen molar-refractivity contribution in [2.75, 3.05) is 0 Å². The summed E-state index contributed by atoms with van der Waals surface area (Å²) in [6.45, 7) is 4.75. The predicted molar refractivity (Wildman–Crippen MR) is 10.8 cm³/mol. The van der Waals surface area contributed by atoms with Gasteiger partial charge in [-0.1, -0.05) is 0 Å². The van der Waals surface area contributed by atoms with Crippen LogP contribution in [0.15, 0.2) is 0 Å². The molecule has 0 saturated carbocycles. The Morgan fingerprint density at radius 2 is 1.50 bits per heavy atom. The Bertz CT molecular complexity index is 12.8. The second-order valence-electron chi connectivity index (χ2n) is 0. The minimum absolute atomic E-state index is 3.03. The molecule has 0 N–H and O–H groups in total. The molecule has 0 unspecified atom stereocenters. The molecule has 1 nitrogen and oxygen atoms in total. The van der Waals surface area contributed by atoms with Gasteiger partial charge in [0.2, 0.25) is 0 Å². The van der Waals surface area contributed by atoms with E-state index in [0.717, 1.165) is 0 Å². The van der Waals surface area contributed by atoms with Crippen LogP contribution in [0.2, 0.25) is 0 Å². The van der Waals surface area contributed by atoms with Crippen LogP contribution in [0.1, 0.15) is 0 Å². The number of halogens is 1. The molecule has 0 saturated heterocycles. The summed E-state index contributed by atoms with van der Waals surface area (Å²) < 4.78 is 0. The van der Waals surface area contributed by atoms with E-state index in [2.05, 4.69) is 25.0 Å². The molecule has 0 heterocycles. The van der Waals surface area contributed by atoms with Crippen molar-refractivity contribution in [3.05, 3.63) is 6.57 Å². The monoisotopic (exact) mass is 120 g/mol. The number of hydrogen-bond acceptors (Lipinski definition) is 1. The molecule has 0 aliphatic rings. The number of rotatable bonds is 0. The standard InChI is InChI=1S/CN.ClH.Co/c1-2;;/h;1H;/q-1;;+2/p-1. The third kappa shape index (κ3) is 46.1. The second-order valence-corrected chi connectivity index (χ2v) is 0. The molecule has 4 heavy (non-hydrogen) atoms. The van der Waals surface area contributed by atoms with Crippen molar-refractivity contribution in [2.45, 2.75) is 0 Å². The van der Waals surface area contributed by atoms with Crippen molar-refractivity contribution in [1.82, 2.24) is 0 Å². The first-order valence-electron chi connectivity index (χ1n) is 0.350. The average Bonchev–Trinajstić information content (AvgIpc) is 1.50. The summed E-state index contributed by atoms with van der Waals surface area (Å²) in [5.74, 6) is 0. The molecule has 25 valence electrons. The van der Waals surface area contributed by atoms with Gasteiger partial charge < -0.3 is 11.8 Å². The molecule has 0 aromatic heterocycles. The number of nitrogens with zero attached hydrogens (tertiary/aromatic N) is 1. The van der Waals surface area contributed by atoms with Gasteiger partial charge in [-0.3, -0.25) is 0 Å². The summed E-state index contributed by atoms with van der Waals surface area (Å²) in [5, 5.41) is 6.25. The molecule has 0 aromatic carbocycles. The van der Waals surface area contributed by atoms with Crippen LogP contribution in [0.4, 0.5) is 0 Å². The van der Waals surface area contributed by atoms with E-state index in [-0.39, 0.29) is 0 Å². The van der Waals surface area contributed by atoms with E-state index < -0.39 is 0 Å². The quantitative estimate of drug-likeness (QED) is 0.434. The van der Waals surface area contributed by atoms with E-state index >= 15 is 0 Å². The van der Waals surface area contributed by atoms with Crippen LogP contribution in [0.3, 0.4) is 0 Å². The summed E-state index contributed by atoms with van der Waals surface area (Å²) in [7, 11) is 4.33. The third-order valence-corrected chi connectivity index (χ3v) is 0. The van der Waals surface area contributed by atoms with Gasteiger partial charge in [-0.2, -0.15) is 0 Å². The van der Waals surface area contributed by atoms with E-state index in [1.165, 1.54) is 0 Å². The van der Waals surface area contributed by atoms with Gasteiger partial charge in [0.25, 0.3) is 0 Å². The first-order valence-corrected chi connectivity index (χ1v) is 1.78. The van der Waals surface area contributed by atoms with E-state index in [1.54, 1.807) is 0 Å². The van der Waals surface area contributed by atoms with Crippen LogP contribution in [0, 0.1) is 11.8 Å². The Kier molecular flexibility index (Phi) is 463. The Labute approximate surface area is 37.4 Å². The topological polar surface area (TPSA) is 23.8 Å². The Hall–Kier alpha value is 0.286. The third-order valence-electron chi connectivity index (χ3n) is 0.